The maximum absolute atomic E-state index is 13.5. The average Bonchev–Trinajstić information content (AvgIpc) is 3.22. The van der Waals surface area contributed by atoms with Crippen molar-refractivity contribution in [1.82, 2.24) is 0 Å². The molecule has 1 N–H and O–H groups in total. The summed E-state index contributed by atoms with van der Waals surface area (Å²) < 4.78 is 36.8. The molecule has 322 valence electrons. The Morgan fingerprint density at radius 3 is 1.95 bits per heavy atom. The zero-order valence-corrected chi connectivity index (χ0v) is 37.0. The molecule has 1 saturated heterocycles. The molecular weight excluding hydrogens is 776 g/mol. The van der Waals surface area contributed by atoms with Gasteiger partial charge in [0.25, 0.3) is 0 Å². The molecule has 0 aromatic heterocycles. The van der Waals surface area contributed by atoms with Crippen LogP contribution in [-0.2, 0) is 28.4 Å². The normalized spacial score (nSPS) is 20.5. The Bertz CT molecular complexity index is 1500. The molecule has 1 fully saturated rings. The number of carbonyl (C=O) groups excluding carboxylic acids is 2. The van der Waals surface area contributed by atoms with E-state index in [9.17, 15) is 20.2 Å². The van der Waals surface area contributed by atoms with Gasteiger partial charge in [-0.05, 0) is 75.4 Å². The molecule has 0 bridgehead atoms. The van der Waals surface area contributed by atoms with Gasteiger partial charge in [-0.1, -0.05) is 135 Å². The van der Waals surface area contributed by atoms with Crippen LogP contribution in [0.25, 0.3) is 10.4 Å². The third-order valence-electron chi connectivity index (χ3n) is 9.59. The molecule has 0 unspecified atom stereocenters. The summed E-state index contributed by atoms with van der Waals surface area (Å²) in [7, 11) is -0.923. The molecule has 12 nitrogen and oxygen atoms in total. The molecule has 2 aromatic carbocycles. The number of unbranched alkanes of at least 4 members (excludes halogenated alkanes) is 11. The van der Waals surface area contributed by atoms with Crippen molar-refractivity contribution in [1.29, 1.82) is 0 Å². The topological polar surface area (TPSA) is 159 Å². The van der Waals surface area contributed by atoms with E-state index < -0.39 is 62.7 Å². The summed E-state index contributed by atoms with van der Waals surface area (Å²) in [6, 6.07) is 16.1. The number of azide groups is 1. The van der Waals surface area contributed by atoms with Crippen LogP contribution in [-0.4, -0.2) is 112 Å². The fourth-order valence-electron chi connectivity index (χ4n) is 6.45. The average molecular weight is 844 g/mol. The molecule has 1 aliphatic heterocycles. The molecule has 3 rings (SSSR count). The minimum atomic E-state index is -1.26. The molecule has 2 aromatic rings. The van der Waals surface area contributed by atoms with Crippen LogP contribution in [0.1, 0.15) is 105 Å². The molecule has 14 heteroatoms. The fraction of sp³-hybridized carbons (Fsp3) is 0.636. The molecule has 0 spiro atoms. The van der Waals surface area contributed by atoms with Crippen LogP contribution < -0.4 is 0 Å². The van der Waals surface area contributed by atoms with Crippen LogP contribution in [0.4, 0.5) is 0 Å². The van der Waals surface area contributed by atoms with Crippen molar-refractivity contribution in [2.75, 3.05) is 52.6 Å². The van der Waals surface area contributed by atoms with Crippen LogP contribution in [0.5, 0.6) is 0 Å². The van der Waals surface area contributed by atoms with E-state index in [1.165, 1.54) is 57.8 Å². The number of hydrogen-bond acceptors (Lipinski definition) is 10. The van der Waals surface area contributed by atoms with E-state index in [2.05, 4.69) is 30.3 Å². The summed E-state index contributed by atoms with van der Waals surface area (Å²) in [5.74, 6) is -1.23. The summed E-state index contributed by atoms with van der Waals surface area (Å²) in [4.78, 5) is 29.9. The van der Waals surface area contributed by atoms with E-state index in [1.807, 2.05) is 25.5 Å². The Labute approximate surface area is 348 Å². The van der Waals surface area contributed by atoms with E-state index >= 15 is 0 Å². The maximum atomic E-state index is 13.5. The molecule has 7 atom stereocenters. The van der Waals surface area contributed by atoms with Gasteiger partial charge in [-0.25, -0.2) is 9.59 Å². The number of aliphatic hydroxyl groups excluding tert-OH is 1. The second-order valence-electron chi connectivity index (χ2n) is 15.3. The Morgan fingerprint density at radius 2 is 1.38 bits per heavy atom. The van der Waals surface area contributed by atoms with Gasteiger partial charge in [-0.2, -0.15) is 0 Å². The molecular formula is C44H67N3O9P2. The van der Waals surface area contributed by atoms with E-state index in [0.29, 0.717) is 23.8 Å². The lowest BCUT2D eigenvalue weighted by atomic mass is 9.98. The smallest absolute Gasteiger partial charge is 0.338 e. The minimum absolute atomic E-state index is 0.0483. The second-order valence-corrected chi connectivity index (χ2v) is 20.1. The number of rotatable bonds is 29. The van der Waals surface area contributed by atoms with Gasteiger partial charge in [0, 0.05) is 4.91 Å². The number of esters is 2. The summed E-state index contributed by atoms with van der Waals surface area (Å²) in [5.41, 5.74) is 10.4. The van der Waals surface area contributed by atoms with Gasteiger partial charge in [-0.3, -0.25) is 0 Å². The van der Waals surface area contributed by atoms with Crippen LogP contribution >= 0.6 is 15.8 Å². The molecule has 1 aliphatic rings. The Kier molecular flexibility index (Phi) is 25.0. The molecule has 58 heavy (non-hydrogen) atoms. The highest BCUT2D eigenvalue weighted by Crippen LogP contribution is 2.33. The van der Waals surface area contributed by atoms with Gasteiger partial charge >= 0.3 is 11.9 Å². The summed E-state index contributed by atoms with van der Waals surface area (Å²) in [6.07, 6.45) is 12.3. The van der Waals surface area contributed by atoms with Crippen molar-refractivity contribution < 1.29 is 43.1 Å². The van der Waals surface area contributed by atoms with Gasteiger partial charge in [0.15, 0.2) is 12.4 Å². The largest absolute Gasteiger partial charge is 0.454 e. The lowest BCUT2D eigenvalue weighted by molar-refractivity contribution is -0.306. The molecule has 0 aliphatic carbocycles. The highest BCUT2D eigenvalue weighted by atomic mass is 31.1. The molecule has 1 heterocycles. The predicted octanol–water partition coefficient (Wildman–Crippen LogP) is 10.3. The van der Waals surface area contributed by atoms with Crippen LogP contribution in [0.2, 0.25) is 0 Å². The first kappa shape index (κ1) is 49.5. The highest BCUT2D eigenvalue weighted by molar-refractivity contribution is 7.56. The van der Waals surface area contributed by atoms with E-state index in [4.69, 9.17) is 28.4 Å². The second kappa shape index (κ2) is 29.3. The SMILES string of the molecule is CCCCCCCCCCCCC/C=C/[C@@H](OC(=O)c1ccccc1)[C@H](CO[C@@H]1O[C@H](COCP(C)C)[C@@H](O)[C@H](OCP(C)C)[C@H]1OC(=O)c1ccccc1)N=[N+]=[N-]. The first-order valence-electron chi connectivity index (χ1n) is 20.8. The number of hydrogen-bond donors (Lipinski definition) is 1. The number of benzene rings is 2. The number of aliphatic hydroxyl groups is 1. The van der Waals surface area contributed by atoms with Crippen LogP contribution in [0.15, 0.2) is 77.9 Å². The van der Waals surface area contributed by atoms with Gasteiger partial charge in [0.2, 0.25) is 0 Å². The maximum Gasteiger partial charge on any atom is 0.338 e. The van der Waals surface area contributed by atoms with Gasteiger partial charge in [0.05, 0.1) is 37.0 Å². The zero-order chi connectivity index (χ0) is 42.0. The van der Waals surface area contributed by atoms with Crippen molar-refractivity contribution in [3.05, 3.63) is 94.4 Å². The lowest BCUT2D eigenvalue weighted by Crippen LogP contribution is -2.61. The Morgan fingerprint density at radius 1 is 0.810 bits per heavy atom. The third-order valence-corrected chi connectivity index (χ3v) is 11.0. The number of ether oxygens (including phenoxy) is 6. The van der Waals surface area contributed by atoms with Crippen LogP contribution in [0, 0.1) is 0 Å². The van der Waals surface area contributed by atoms with Crippen molar-refractivity contribution in [2.24, 2.45) is 5.11 Å². The van der Waals surface area contributed by atoms with Gasteiger partial charge in [0.1, 0.15) is 30.5 Å². The van der Waals surface area contributed by atoms with Crippen molar-refractivity contribution in [2.45, 2.75) is 127 Å². The molecule has 0 radical (unpaired) electrons. The van der Waals surface area contributed by atoms with Crippen LogP contribution in [0.3, 0.4) is 0 Å². The van der Waals surface area contributed by atoms with E-state index in [0.717, 1.165) is 19.3 Å². The zero-order valence-electron chi connectivity index (χ0n) is 35.2. The predicted molar refractivity (Wildman–Crippen MR) is 233 cm³/mol. The standard InChI is InChI=1S/C44H67N3O9P2/c1-6-7-8-9-10-11-12-13-14-15-16-17-24-29-37(54-42(49)34-25-20-18-21-26-34)36(46-47-45)30-52-44-41(56-43(50)35-27-22-19-23-28-35)40(53-33-58(4)5)39(48)38(55-44)31-51-32-57(2)3/h18-29,36-41,44,48H,6-17,30-33H2,1-5H3/b29-24+/t36-,37+,38+,39+,40-,41+,44+/m0/s1. The number of allylic oxidation sites excluding steroid dienone is 1. The first-order chi connectivity index (χ1) is 28.1. The van der Waals surface area contributed by atoms with E-state index in [-0.39, 0.29) is 21.1 Å². The first-order valence-corrected chi connectivity index (χ1v) is 25.7. The number of nitrogens with zero attached hydrogens (tertiary/aromatic N) is 3. The molecule has 0 saturated carbocycles. The minimum Gasteiger partial charge on any atom is -0.454 e. The summed E-state index contributed by atoms with van der Waals surface area (Å²) in [5, 5.41) is 15.6. The summed E-state index contributed by atoms with van der Waals surface area (Å²) in [6.45, 7) is 10.3. The summed E-state index contributed by atoms with van der Waals surface area (Å²) >= 11 is 0. The van der Waals surface area contributed by atoms with Crippen molar-refractivity contribution >= 4 is 27.8 Å². The Hall–Kier alpha value is -2.91. The lowest BCUT2D eigenvalue weighted by Gasteiger charge is -2.44. The fourth-order valence-corrected chi connectivity index (χ4v) is 7.39. The van der Waals surface area contributed by atoms with Gasteiger partial charge in [-0.15, -0.1) is 0 Å². The van der Waals surface area contributed by atoms with E-state index in [1.54, 1.807) is 60.7 Å². The Balaban J connectivity index is 1.80. The quantitative estimate of drug-likeness (QED) is 0.0160. The molecule has 0 amide bonds. The number of carbonyl (C=O) groups is 2. The van der Waals surface area contributed by atoms with Gasteiger partial charge < -0.3 is 33.5 Å². The highest BCUT2D eigenvalue weighted by Gasteiger charge is 2.49. The monoisotopic (exact) mass is 843 g/mol. The van der Waals surface area contributed by atoms with Crippen molar-refractivity contribution in [3.8, 4) is 0 Å². The van der Waals surface area contributed by atoms with Crippen molar-refractivity contribution in [3.63, 3.8) is 0 Å². The third kappa shape index (κ3) is 19.0.